The summed E-state index contributed by atoms with van der Waals surface area (Å²) in [6, 6.07) is 4.48. The Labute approximate surface area is 152 Å². The van der Waals surface area contributed by atoms with Crippen molar-refractivity contribution < 1.29 is 27.5 Å². The van der Waals surface area contributed by atoms with Gasteiger partial charge in [0.25, 0.3) is 5.22 Å². The molecule has 0 bridgehead atoms. The van der Waals surface area contributed by atoms with Crippen LogP contribution in [-0.2, 0) is 11.3 Å². The topological polar surface area (TPSA) is 86.5 Å². The number of nitrogens with zero attached hydrogens (tertiary/aromatic N) is 2. The molecular formula is C16H17F2N3O4S. The number of nitrogens with one attached hydrogen (secondary N) is 1. The maximum absolute atomic E-state index is 12.3. The molecule has 3 rings (SSSR count). The lowest BCUT2D eigenvalue weighted by atomic mass is 10.2. The van der Waals surface area contributed by atoms with Gasteiger partial charge in [-0.3, -0.25) is 4.79 Å². The van der Waals surface area contributed by atoms with E-state index in [-0.39, 0.29) is 29.7 Å². The molecule has 7 nitrogen and oxygen atoms in total. The van der Waals surface area contributed by atoms with E-state index in [0.29, 0.717) is 22.6 Å². The molecular weight excluding hydrogens is 368 g/mol. The van der Waals surface area contributed by atoms with Crippen LogP contribution in [0.15, 0.2) is 27.8 Å². The number of methoxy groups -OCH3 is 1. The van der Waals surface area contributed by atoms with Gasteiger partial charge in [0, 0.05) is 12.5 Å². The predicted octanol–water partition coefficient (Wildman–Crippen LogP) is 2.97. The van der Waals surface area contributed by atoms with Crippen molar-refractivity contribution in [2.24, 2.45) is 0 Å². The largest absolute Gasteiger partial charge is 0.493 e. The van der Waals surface area contributed by atoms with Crippen LogP contribution >= 0.6 is 11.8 Å². The van der Waals surface area contributed by atoms with Crippen molar-refractivity contribution in [1.82, 2.24) is 15.5 Å². The summed E-state index contributed by atoms with van der Waals surface area (Å²) in [6.45, 7) is -2.71. The fourth-order valence-electron chi connectivity index (χ4n) is 2.17. The number of thioether (sulfide) groups is 1. The van der Waals surface area contributed by atoms with Crippen LogP contribution in [0.4, 0.5) is 8.78 Å². The van der Waals surface area contributed by atoms with Crippen molar-refractivity contribution in [3.05, 3.63) is 29.7 Å². The van der Waals surface area contributed by atoms with Crippen molar-refractivity contribution in [2.45, 2.75) is 37.1 Å². The van der Waals surface area contributed by atoms with Crippen LogP contribution < -0.4 is 14.8 Å². The monoisotopic (exact) mass is 385 g/mol. The number of carbonyl (C=O) groups excluding carboxylic acids is 1. The number of amides is 1. The first-order valence-corrected chi connectivity index (χ1v) is 8.88. The molecule has 1 aliphatic carbocycles. The standard InChI is InChI=1S/C16H17F2N3O4S/c1-23-12-6-9(2-5-11(12)24-15(17)18)7-19-13(22)8-26-16-21-20-14(25-16)10-3-4-10/h2,5-6,10,15H,3-4,7-8H2,1H3,(H,19,22). The molecule has 1 aromatic heterocycles. The molecule has 26 heavy (non-hydrogen) atoms. The summed E-state index contributed by atoms with van der Waals surface area (Å²) in [5, 5.41) is 10.9. The van der Waals surface area contributed by atoms with E-state index in [4.69, 9.17) is 9.15 Å². The Hall–Kier alpha value is -2.36. The van der Waals surface area contributed by atoms with Gasteiger partial charge in [-0.15, -0.1) is 10.2 Å². The summed E-state index contributed by atoms with van der Waals surface area (Å²) in [4.78, 5) is 11.9. The molecule has 0 unspecified atom stereocenters. The Balaban J connectivity index is 1.47. The number of ether oxygens (including phenoxy) is 2. The van der Waals surface area contributed by atoms with Crippen LogP contribution in [0.2, 0.25) is 0 Å². The molecule has 10 heteroatoms. The second kappa shape index (κ2) is 8.35. The molecule has 140 valence electrons. The highest BCUT2D eigenvalue weighted by molar-refractivity contribution is 7.99. The number of hydrogen-bond donors (Lipinski definition) is 1. The number of halogens is 2. The molecule has 0 spiro atoms. The predicted molar refractivity (Wildman–Crippen MR) is 88.5 cm³/mol. The van der Waals surface area contributed by atoms with Gasteiger partial charge in [-0.05, 0) is 30.5 Å². The molecule has 0 atom stereocenters. The highest BCUT2D eigenvalue weighted by atomic mass is 32.2. The van der Waals surface area contributed by atoms with E-state index in [1.165, 1.54) is 31.0 Å². The minimum atomic E-state index is -2.93. The van der Waals surface area contributed by atoms with Crippen molar-refractivity contribution in [3.63, 3.8) is 0 Å². The second-order valence-corrected chi connectivity index (χ2v) is 6.54. The van der Waals surface area contributed by atoms with Gasteiger partial charge in [0.15, 0.2) is 11.5 Å². The lowest BCUT2D eigenvalue weighted by Crippen LogP contribution is -2.24. The van der Waals surface area contributed by atoms with E-state index in [9.17, 15) is 13.6 Å². The van der Waals surface area contributed by atoms with Crippen LogP contribution in [-0.4, -0.2) is 35.6 Å². The molecule has 0 aliphatic heterocycles. The average molecular weight is 385 g/mol. The van der Waals surface area contributed by atoms with Gasteiger partial charge >= 0.3 is 6.61 Å². The molecule has 1 aromatic carbocycles. The summed E-state index contributed by atoms with van der Waals surface area (Å²) in [7, 11) is 1.35. The third-order valence-corrected chi connectivity index (χ3v) is 4.43. The smallest absolute Gasteiger partial charge is 0.387 e. The van der Waals surface area contributed by atoms with Crippen LogP contribution in [0.5, 0.6) is 11.5 Å². The fourth-order valence-corrected chi connectivity index (χ4v) is 2.77. The Kier molecular flexibility index (Phi) is 5.92. The SMILES string of the molecule is COc1cc(CNC(=O)CSc2nnc(C3CC3)o2)ccc1OC(F)F. The molecule has 1 saturated carbocycles. The number of rotatable bonds is 9. The Morgan fingerprint density at radius 2 is 2.19 bits per heavy atom. The van der Waals surface area contributed by atoms with Crippen molar-refractivity contribution in [3.8, 4) is 11.5 Å². The van der Waals surface area contributed by atoms with Crippen LogP contribution in [0.25, 0.3) is 0 Å². The number of hydrogen-bond acceptors (Lipinski definition) is 7. The zero-order valence-corrected chi connectivity index (χ0v) is 14.7. The maximum atomic E-state index is 12.3. The minimum Gasteiger partial charge on any atom is -0.493 e. The summed E-state index contributed by atoms with van der Waals surface area (Å²) in [5.41, 5.74) is 0.690. The first-order chi connectivity index (χ1) is 12.5. The Morgan fingerprint density at radius 1 is 1.38 bits per heavy atom. The van der Waals surface area contributed by atoms with Crippen molar-refractivity contribution >= 4 is 17.7 Å². The summed E-state index contributed by atoms with van der Waals surface area (Å²) < 4.78 is 39.5. The van der Waals surface area contributed by atoms with Gasteiger partial charge in [0.2, 0.25) is 11.8 Å². The Bertz CT molecular complexity index is 768. The molecule has 2 aromatic rings. The van der Waals surface area contributed by atoms with E-state index in [2.05, 4.69) is 20.3 Å². The molecule has 1 N–H and O–H groups in total. The lowest BCUT2D eigenvalue weighted by Gasteiger charge is -2.11. The van der Waals surface area contributed by atoms with E-state index in [0.717, 1.165) is 12.8 Å². The van der Waals surface area contributed by atoms with Gasteiger partial charge in [-0.25, -0.2) is 0 Å². The number of alkyl halides is 2. The Morgan fingerprint density at radius 3 is 2.88 bits per heavy atom. The third-order valence-electron chi connectivity index (χ3n) is 3.61. The highest BCUT2D eigenvalue weighted by Crippen LogP contribution is 2.39. The van der Waals surface area contributed by atoms with Gasteiger partial charge in [0.05, 0.1) is 12.9 Å². The number of benzene rings is 1. The van der Waals surface area contributed by atoms with Gasteiger partial charge in [-0.1, -0.05) is 17.8 Å². The average Bonchev–Trinajstić information content (AvgIpc) is 3.37. The van der Waals surface area contributed by atoms with Gasteiger partial charge < -0.3 is 19.2 Å². The number of aromatic nitrogens is 2. The molecule has 0 radical (unpaired) electrons. The zero-order valence-electron chi connectivity index (χ0n) is 13.9. The van der Waals surface area contributed by atoms with Crippen LogP contribution in [0, 0.1) is 0 Å². The van der Waals surface area contributed by atoms with Crippen molar-refractivity contribution in [2.75, 3.05) is 12.9 Å². The zero-order chi connectivity index (χ0) is 18.5. The third kappa shape index (κ3) is 5.07. The number of carbonyl (C=O) groups is 1. The highest BCUT2D eigenvalue weighted by Gasteiger charge is 2.29. The van der Waals surface area contributed by atoms with E-state index in [1.807, 2.05) is 0 Å². The molecule has 1 heterocycles. The maximum Gasteiger partial charge on any atom is 0.387 e. The van der Waals surface area contributed by atoms with Crippen LogP contribution in [0.1, 0.15) is 30.2 Å². The van der Waals surface area contributed by atoms with E-state index >= 15 is 0 Å². The molecule has 1 amide bonds. The van der Waals surface area contributed by atoms with Gasteiger partial charge in [0.1, 0.15) is 0 Å². The van der Waals surface area contributed by atoms with Crippen LogP contribution in [0.3, 0.4) is 0 Å². The molecule has 0 saturated heterocycles. The van der Waals surface area contributed by atoms with E-state index in [1.54, 1.807) is 6.07 Å². The quantitative estimate of drug-likeness (QED) is 0.664. The first kappa shape index (κ1) is 18.4. The second-order valence-electron chi connectivity index (χ2n) is 5.61. The fraction of sp³-hybridized carbons (Fsp3) is 0.438. The summed E-state index contributed by atoms with van der Waals surface area (Å²) >= 11 is 1.17. The summed E-state index contributed by atoms with van der Waals surface area (Å²) in [5.74, 6) is 1.04. The first-order valence-electron chi connectivity index (χ1n) is 7.89. The molecule has 1 aliphatic rings. The van der Waals surface area contributed by atoms with Crippen molar-refractivity contribution in [1.29, 1.82) is 0 Å². The normalized spacial score (nSPS) is 13.7. The lowest BCUT2D eigenvalue weighted by molar-refractivity contribution is -0.118. The minimum absolute atomic E-state index is 0.0593. The molecule has 1 fully saturated rings. The van der Waals surface area contributed by atoms with E-state index < -0.39 is 6.61 Å². The van der Waals surface area contributed by atoms with Gasteiger partial charge in [-0.2, -0.15) is 8.78 Å². The summed E-state index contributed by atoms with van der Waals surface area (Å²) in [6.07, 6.45) is 2.13.